The van der Waals surface area contributed by atoms with E-state index in [-0.39, 0.29) is 12.3 Å². The number of hydrogen-bond acceptors (Lipinski definition) is 4. The number of nitrogens with zero attached hydrogens (tertiary/aromatic N) is 2. The van der Waals surface area contributed by atoms with Gasteiger partial charge in [0.15, 0.2) is 0 Å². The summed E-state index contributed by atoms with van der Waals surface area (Å²) in [5.74, 6) is -0.317. The lowest BCUT2D eigenvalue weighted by atomic mass is 10.2. The van der Waals surface area contributed by atoms with Crippen molar-refractivity contribution in [2.75, 3.05) is 38.5 Å². The molecule has 0 atom stereocenters. The molecule has 106 valence electrons. The zero-order valence-electron chi connectivity index (χ0n) is 11.0. The molecule has 0 saturated carbocycles. The third-order valence-electron chi connectivity index (χ3n) is 3.04. The zero-order chi connectivity index (χ0) is 13.8. The van der Waals surface area contributed by atoms with E-state index in [0.29, 0.717) is 38.5 Å². The number of sulfonamides is 1. The van der Waals surface area contributed by atoms with Crippen molar-refractivity contribution in [1.29, 1.82) is 0 Å². The summed E-state index contributed by atoms with van der Waals surface area (Å²) in [5.41, 5.74) is 0. The van der Waals surface area contributed by atoms with Crippen molar-refractivity contribution in [3.05, 3.63) is 0 Å². The maximum atomic E-state index is 12.0. The highest BCUT2D eigenvalue weighted by Gasteiger charge is 2.27. The van der Waals surface area contributed by atoms with Crippen LogP contribution >= 0.6 is 0 Å². The Labute approximate surface area is 109 Å². The van der Waals surface area contributed by atoms with E-state index < -0.39 is 16.0 Å². The summed E-state index contributed by atoms with van der Waals surface area (Å²) in [6, 6.07) is 0. The number of aliphatic carboxylic acids is 1. The maximum Gasteiger partial charge on any atom is 0.317 e. The quantitative estimate of drug-likeness (QED) is 0.743. The predicted octanol–water partition coefficient (Wildman–Crippen LogP) is 0.0645. The highest BCUT2D eigenvalue weighted by Crippen LogP contribution is 2.11. The van der Waals surface area contributed by atoms with Gasteiger partial charge in [-0.1, -0.05) is 13.8 Å². The van der Waals surface area contributed by atoms with Gasteiger partial charge in [0, 0.05) is 26.2 Å². The first-order valence-corrected chi connectivity index (χ1v) is 7.84. The Kier molecular flexibility index (Phi) is 5.55. The first-order valence-electron chi connectivity index (χ1n) is 6.23. The Bertz CT molecular complexity index is 373. The van der Waals surface area contributed by atoms with Gasteiger partial charge in [0.05, 0.1) is 12.3 Å². The smallest absolute Gasteiger partial charge is 0.317 e. The zero-order valence-corrected chi connectivity index (χ0v) is 11.8. The fourth-order valence-corrected chi connectivity index (χ4v) is 3.62. The molecule has 0 unspecified atom stereocenters. The number of carboxylic acids is 1. The van der Waals surface area contributed by atoms with E-state index >= 15 is 0 Å². The Morgan fingerprint density at radius 3 is 2.22 bits per heavy atom. The van der Waals surface area contributed by atoms with Gasteiger partial charge in [0.1, 0.15) is 0 Å². The Hall–Kier alpha value is -0.660. The molecule has 7 heteroatoms. The summed E-state index contributed by atoms with van der Waals surface area (Å²) in [4.78, 5) is 12.3. The van der Waals surface area contributed by atoms with E-state index in [4.69, 9.17) is 5.11 Å². The van der Waals surface area contributed by atoms with Gasteiger partial charge in [-0.3, -0.25) is 9.69 Å². The number of piperazine rings is 1. The van der Waals surface area contributed by atoms with Crippen LogP contribution in [0.2, 0.25) is 0 Å². The van der Waals surface area contributed by atoms with Crippen LogP contribution < -0.4 is 0 Å². The SMILES string of the molecule is CC(C)CCS(=O)(=O)N1CCN(CC(=O)O)CC1. The highest BCUT2D eigenvalue weighted by atomic mass is 32.2. The van der Waals surface area contributed by atoms with Crippen LogP contribution in [0.4, 0.5) is 0 Å². The summed E-state index contributed by atoms with van der Waals surface area (Å²) in [6.45, 7) is 5.77. The molecule has 1 saturated heterocycles. The summed E-state index contributed by atoms with van der Waals surface area (Å²) >= 11 is 0. The lowest BCUT2D eigenvalue weighted by Crippen LogP contribution is -2.50. The molecule has 0 spiro atoms. The van der Waals surface area contributed by atoms with Crippen molar-refractivity contribution in [2.45, 2.75) is 20.3 Å². The van der Waals surface area contributed by atoms with Gasteiger partial charge in [-0.2, -0.15) is 4.31 Å². The average Bonchev–Trinajstić information content (AvgIpc) is 2.26. The first-order chi connectivity index (χ1) is 8.31. The minimum atomic E-state index is -3.17. The van der Waals surface area contributed by atoms with Crippen molar-refractivity contribution in [1.82, 2.24) is 9.21 Å². The predicted molar refractivity (Wildman–Crippen MR) is 68.9 cm³/mol. The van der Waals surface area contributed by atoms with Crippen LogP contribution in [0.15, 0.2) is 0 Å². The fraction of sp³-hybridized carbons (Fsp3) is 0.909. The van der Waals surface area contributed by atoms with Crippen LogP contribution in [0.25, 0.3) is 0 Å². The molecule has 6 nitrogen and oxygen atoms in total. The third kappa shape index (κ3) is 4.91. The summed E-state index contributed by atoms with van der Waals surface area (Å²) in [6.07, 6.45) is 0.664. The van der Waals surface area contributed by atoms with Crippen LogP contribution in [0.1, 0.15) is 20.3 Å². The van der Waals surface area contributed by atoms with Gasteiger partial charge < -0.3 is 5.11 Å². The van der Waals surface area contributed by atoms with Crippen molar-refractivity contribution < 1.29 is 18.3 Å². The Balaban J connectivity index is 2.44. The molecule has 0 amide bonds. The average molecular weight is 278 g/mol. The molecule has 0 aromatic heterocycles. The van der Waals surface area contributed by atoms with Crippen LogP contribution in [0.5, 0.6) is 0 Å². The lowest BCUT2D eigenvalue weighted by Gasteiger charge is -2.33. The molecular weight excluding hydrogens is 256 g/mol. The molecule has 1 fully saturated rings. The number of rotatable bonds is 6. The van der Waals surface area contributed by atoms with Crippen LogP contribution in [0.3, 0.4) is 0 Å². The molecule has 1 rings (SSSR count). The van der Waals surface area contributed by atoms with E-state index in [9.17, 15) is 13.2 Å². The van der Waals surface area contributed by atoms with E-state index in [1.807, 2.05) is 13.8 Å². The van der Waals surface area contributed by atoms with Gasteiger partial charge >= 0.3 is 5.97 Å². The first kappa shape index (κ1) is 15.4. The molecule has 1 aliphatic rings. The standard InChI is InChI=1S/C11H22N2O4S/c1-10(2)3-8-18(16,17)13-6-4-12(5-7-13)9-11(14)15/h10H,3-9H2,1-2H3,(H,14,15). The molecule has 1 aliphatic heterocycles. The minimum Gasteiger partial charge on any atom is -0.480 e. The largest absolute Gasteiger partial charge is 0.480 e. The number of carboxylic acid groups (broad SMARTS) is 1. The molecule has 0 bridgehead atoms. The van der Waals surface area contributed by atoms with Crippen LogP contribution in [0, 0.1) is 5.92 Å². The van der Waals surface area contributed by atoms with Crippen molar-refractivity contribution in [2.24, 2.45) is 5.92 Å². The summed E-state index contributed by atoms with van der Waals surface area (Å²) in [7, 11) is -3.17. The van der Waals surface area contributed by atoms with Gasteiger partial charge in [-0.25, -0.2) is 8.42 Å². The van der Waals surface area contributed by atoms with E-state index in [1.54, 1.807) is 4.90 Å². The fourth-order valence-electron chi connectivity index (χ4n) is 1.87. The van der Waals surface area contributed by atoms with Crippen LogP contribution in [-0.2, 0) is 14.8 Å². The normalized spacial score (nSPS) is 19.3. The maximum absolute atomic E-state index is 12.0. The van der Waals surface area contributed by atoms with E-state index in [1.165, 1.54) is 4.31 Å². The second kappa shape index (κ2) is 6.49. The molecule has 0 aliphatic carbocycles. The third-order valence-corrected chi connectivity index (χ3v) is 4.94. The summed E-state index contributed by atoms with van der Waals surface area (Å²) < 4.78 is 25.5. The van der Waals surface area contributed by atoms with Gasteiger partial charge in [-0.05, 0) is 12.3 Å². The van der Waals surface area contributed by atoms with Gasteiger partial charge in [0.2, 0.25) is 10.0 Å². The topological polar surface area (TPSA) is 77.9 Å². The van der Waals surface area contributed by atoms with Crippen LogP contribution in [-0.4, -0.2) is 67.2 Å². The molecule has 1 heterocycles. The van der Waals surface area contributed by atoms with Gasteiger partial charge in [-0.15, -0.1) is 0 Å². The summed E-state index contributed by atoms with van der Waals surface area (Å²) in [5, 5.41) is 8.66. The van der Waals surface area contributed by atoms with Gasteiger partial charge in [0.25, 0.3) is 0 Å². The Morgan fingerprint density at radius 1 is 1.22 bits per heavy atom. The Morgan fingerprint density at radius 2 is 1.78 bits per heavy atom. The van der Waals surface area contributed by atoms with Crippen molar-refractivity contribution in [3.8, 4) is 0 Å². The van der Waals surface area contributed by atoms with E-state index in [0.717, 1.165) is 0 Å². The molecule has 0 aromatic rings. The second-order valence-corrected chi connectivity index (χ2v) is 7.16. The van der Waals surface area contributed by atoms with Crippen molar-refractivity contribution in [3.63, 3.8) is 0 Å². The molecule has 18 heavy (non-hydrogen) atoms. The monoisotopic (exact) mass is 278 g/mol. The molecule has 1 N–H and O–H groups in total. The molecular formula is C11H22N2O4S. The van der Waals surface area contributed by atoms with Crippen molar-refractivity contribution >= 4 is 16.0 Å². The number of hydrogen-bond donors (Lipinski definition) is 1. The second-order valence-electron chi connectivity index (χ2n) is 5.07. The minimum absolute atomic E-state index is 0.0140. The highest BCUT2D eigenvalue weighted by molar-refractivity contribution is 7.89. The molecule has 0 aromatic carbocycles. The van der Waals surface area contributed by atoms with E-state index in [2.05, 4.69) is 0 Å². The lowest BCUT2D eigenvalue weighted by molar-refractivity contribution is -0.138. The number of carbonyl (C=O) groups is 1. The molecule has 0 radical (unpaired) electrons.